The molecule has 0 aliphatic heterocycles. The Morgan fingerprint density at radius 2 is 1.15 bits per heavy atom. The largest absolute Gasteiger partial charge is 0.362 e. The molecule has 0 N–H and O–H groups in total. The predicted octanol–water partition coefficient (Wildman–Crippen LogP) is 7.49. The van der Waals surface area contributed by atoms with Gasteiger partial charge in [0.25, 0.3) is 0 Å². The summed E-state index contributed by atoms with van der Waals surface area (Å²) in [5, 5.41) is 0. The van der Waals surface area contributed by atoms with Crippen LogP contribution in [0, 0.1) is 5.92 Å². The van der Waals surface area contributed by atoms with Crippen LogP contribution in [0.1, 0.15) is 97.8 Å². The van der Waals surface area contributed by atoms with Crippen LogP contribution in [0.15, 0.2) is 48.6 Å². The predicted molar refractivity (Wildman–Crippen MR) is 142 cm³/mol. The van der Waals surface area contributed by atoms with E-state index in [9.17, 15) is 9.59 Å². The molecule has 192 valence electrons. The summed E-state index contributed by atoms with van der Waals surface area (Å²) in [5.41, 5.74) is -1.54. The molecule has 4 nitrogen and oxygen atoms in total. The average molecular weight is 473 g/mol. The summed E-state index contributed by atoms with van der Waals surface area (Å²) < 4.78 is 10.7. The van der Waals surface area contributed by atoms with E-state index in [4.69, 9.17) is 9.47 Å². The summed E-state index contributed by atoms with van der Waals surface area (Å²) in [4.78, 5) is 24.4. The number of ether oxygens (including phenoxy) is 2. The maximum Gasteiger partial charge on any atom is 0.172 e. The molecule has 2 rings (SSSR count). The molecule has 0 aromatic carbocycles. The van der Waals surface area contributed by atoms with Gasteiger partial charge in [0.15, 0.2) is 22.8 Å². The lowest BCUT2D eigenvalue weighted by Crippen LogP contribution is -2.36. The Balaban J connectivity index is 0.000000340. The number of allylic oxidation sites excluding steroid dienone is 4. The van der Waals surface area contributed by atoms with E-state index in [-0.39, 0.29) is 11.6 Å². The monoisotopic (exact) mass is 472 g/mol. The average Bonchev–Trinajstić information content (AvgIpc) is 3.55. The third-order valence-electron chi connectivity index (χ3n) is 6.92. The SMILES string of the molecule is CCCCC(CC)CC(=O)C1(OC)C=CC=C1.CCCCCCCCC(=O)C1(OC)C=CC=C1. The zero-order valence-corrected chi connectivity index (χ0v) is 22.3. The van der Waals surface area contributed by atoms with Gasteiger partial charge in [0.2, 0.25) is 0 Å². The van der Waals surface area contributed by atoms with Crippen LogP contribution >= 0.6 is 0 Å². The maximum atomic E-state index is 12.3. The lowest BCUT2D eigenvalue weighted by atomic mass is 9.87. The van der Waals surface area contributed by atoms with Crippen molar-refractivity contribution in [2.24, 2.45) is 5.92 Å². The van der Waals surface area contributed by atoms with Gasteiger partial charge in [0.1, 0.15) is 0 Å². The highest BCUT2D eigenvalue weighted by atomic mass is 16.5. The highest BCUT2D eigenvalue weighted by Gasteiger charge is 2.35. The lowest BCUT2D eigenvalue weighted by molar-refractivity contribution is -0.132. The van der Waals surface area contributed by atoms with Crippen molar-refractivity contribution in [2.45, 2.75) is 109 Å². The Kier molecular flexibility index (Phi) is 14.9. The Hall–Kier alpha value is -1.78. The quantitative estimate of drug-likeness (QED) is 0.206. The Bertz CT molecular complexity index is 689. The van der Waals surface area contributed by atoms with Gasteiger partial charge in [0, 0.05) is 27.1 Å². The van der Waals surface area contributed by atoms with E-state index < -0.39 is 11.2 Å². The molecule has 0 heterocycles. The maximum absolute atomic E-state index is 12.3. The zero-order valence-electron chi connectivity index (χ0n) is 22.3. The van der Waals surface area contributed by atoms with Crippen LogP contribution in [-0.2, 0) is 19.1 Å². The molecule has 0 amide bonds. The molecule has 2 aliphatic carbocycles. The first kappa shape index (κ1) is 30.3. The summed E-state index contributed by atoms with van der Waals surface area (Å²) >= 11 is 0. The molecule has 0 aromatic heterocycles. The number of rotatable bonds is 17. The van der Waals surface area contributed by atoms with Crippen molar-refractivity contribution >= 4 is 11.6 Å². The second kappa shape index (κ2) is 16.8. The molecule has 0 bridgehead atoms. The Labute approximate surface area is 208 Å². The first-order valence-corrected chi connectivity index (χ1v) is 13.3. The standard InChI is InChI=1S/2C15H24O2/c1-4-6-9-13(5-2)12-14(16)15(17-3)10-7-8-11-15;1-3-4-5-6-7-8-11-14(16)15(17-2)12-9-10-13-15/h7-8,10-11,13H,4-6,9,12H2,1-3H3;9-10,12-13H,3-8,11H2,1-2H3. The summed E-state index contributed by atoms with van der Waals surface area (Å²) in [5.74, 6) is 0.866. The fourth-order valence-corrected chi connectivity index (χ4v) is 4.40. The first-order valence-electron chi connectivity index (χ1n) is 13.3. The van der Waals surface area contributed by atoms with Gasteiger partial charge in [-0.1, -0.05) is 103 Å². The van der Waals surface area contributed by atoms with Gasteiger partial charge >= 0.3 is 0 Å². The minimum absolute atomic E-state index is 0.181. The number of unbranched alkanes of at least 4 members (excludes halogenated alkanes) is 6. The Morgan fingerprint density at radius 1 is 0.676 bits per heavy atom. The van der Waals surface area contributed by atoms with Gasteiger partial charge in [-0.2, -0.15) is 0 Å². The van der Waals surface area contributed by atoms with Crippen molar-refractivity contribution in [2.75, 3.05) is 14.2 Å². The fourth-order valence-electron chi connectivity index (χ4n) is 4.40. The smallest absolute Gasteiger partial charge is 0.172 e. The van der Waals surface area contributed by atoms with E-state index in [1.807, 2.05) is 48.6 Å². The number of Topliss-reactive ketones (excluding diaryl/α,β-unsaturated/α-hetero) is 2. The van der Waals surface area contributed by atoms with Crippen LogP contribution < -0.4 is 0 Å². The summed E-state index contributed by atoms with van der Waals surface area (Å²) in [6, 6.07) is 0. The van der Waals surface area contributed by atoms with Crippen LogP contribution in [0.5, 0.6) is 0 Å². The normalized spacial score (nSPS) is 17.6. The molecule has 2 aliphatic rings. The van der Waals surface area contributed by atoms with Crippen LogP contribution in [0.3, 0.4) is 0 Å². The van der Waals surface area contributed by atoms with Crippen LogP contribution in [0.4, 0.5) is 0 Å². The number of carbonyl (C=O) groups is 2. The molecule has 0 saturated carbocycles. The minimum atomic E-state index is -0.778. The first-order chi connectivity index (χ1) is 16.4. The number of ketones is 2. The molecule has 1 unspecified atom stereocenters. The number of methoxy groups -OCH3 is 2. The third-order valence-corrected chi connectivity index (χ3v) is 6.92. The lowest BCUT2D eigenvalue weighted by Gasteiger charge is -2.24. The topological polar surface area (TPSA) is 52.6 Å². The van der Waals surface area contributed by atoms with Gasteiger partial charge in [-0.05, 0) is 36.6 Å². The molecule has 0 aromatic rings. The van der Waals surface area contributed by atoms with Crippen molar-refractivity contribution in [3.8, 4) is 0 Å². The van der Waals surface area contributed by atoms with Crippen LogP contribution in [0.2, 0.25) is 0 Å². The number of hydrogen-bond acceptors (Lipinski definition) is 4. The van der Waals surface area contributed by atoms with E-state index in [1.54, 1.807) is 14.2 Å². The van der Waals surface area contributed by atoms with E-state index in [2.05, 4.69) is 20.8 Å². The summed E-state index contributed by atoms with van der Waals surface area (Å²) in [6.07, 6.45) is 28.0. The van der Waals surface area contributed by atoms with Crippen molar-refractivity contribution in [3.63, 3.8) is 0 Å². The third kappa shape index (κ3) is 9.46. The van der Waals surface area contributed by atoms with E-state index in [1.165, 1.54) is 38.5 Å². The van der Waals surface area contributed by atoms with E-state index >= 15 is 0 Å². The van der Waals surface area contributed by atoms with Gasteiger partial charge in [0.05, 0.1) is 0 Å². The van der Waals surface area contributed by atoms with Crippen LogP contribution in [0.25, 0.3) is 0 Å². The molecular weight excluding hydrogens is 424 g/mol. The number of carbonyl (C=O) groups excluding carboxylic acids is 2. The molecule has 0 spiro atoms. The molecule has 34 heavy (non-hydrogen) atoms. The van der Waals surface area contributed by atoms with Crippen molar-refractivity contribution < 1.29 is 19.1 Å². The van der Waals surface area contributed by atoms with Gasteiger partial charge in [-0.25, -0.2) is 0 Å². The summed E-state index contributed by atoms with van der Waals surface area (Å²) in [7, 11) is 3.20. The summed E-state index contributed by atoms with van der Waals surface area (Å²) in [6.45, 7) is 6.56. The highest BCUT2D eigenvalue weighted by molar-refractivity contribution is 5.93. The highest BCUT2D eigenvalue weighted by Crippen LogP contribution is 2.27. The molecular formula is C30H48O4. The molecule has 0 radical (unpaired) electrons. The van der Waals surface area contributed by atoms with E-state index in [0.29, 0.717) is 18.8 Å². The zero-order chi connectivity index (χ0) is 25.3. The molecule has 0 saturated heterocycles. The van der Waals surface area contributed by atoms with Gasteiger partial charge < -0.3 is 9.47 Å². The van der Waals surface area contributed by atoms with Crippen molar-refractivity contribution in [1.29, 1.82) is 0 Å². The second-order valence-corrected chi connectivity index (χ2v) is 9.42. The fraction of sp³-hybridized carbons (Fsp3) is 0.667. The van der Waals surface area contributed by atoms with Gasteiger partial charge in [-0.15, -0.1) is 0 Å². The van der Waals surface area contributed by atoms with E-state index in [0.717, 1.165) is 25.7 Å². The molecule has 1 atom stereocenters. The molecule has 4 heteroatoms. The Morgan fingerprint density at radius 3 is 1.62 bits per heavy atom. The molecule has 0 fully saturated rings. The van der Waals surface area contributed by atoms with Crippen molar-refractivity contribution in [1.82, 2.24) is 0 Å². The second-order valence-electron chi connectivity index (χ2n) is 9.42. The van der Waals surface area contributed by atoms with Crippen molar-refractivity contribution in [3.05, 3.63) is 48.6 Å². The van der Waals surface area contributed by atoms with Crippen LogP contribution in [-0.4, -0.2) is 37.0 Å². The number of hydrogen-bond donors (Lipinski definition) is 0. The van der Waals surface area contributed by atoms with Gasteiger partial charge in [-0.3, -0.25) is 9.59 Å². The minimum Gasteiger partial charge on any atom is -0.362 e.